The number of hydrogen-bond acceptors (Lipinski definition) is 8. The van der Waals surface area contributed by atoms with Crippen molar-refractivity contribution in [1.82, 2.24) is 16.0 Å². The summed E-state index contributed by atoms with van der Waals surface area (Å²) in [6, 6.07) is 14.0. The molecule has 2 aromatic carbocycles. The summed E-state index contributed by atoms with van der Waals surface area (Å²) >= 11 is 0. The number of benzene rings is 2. The van der Waals surface area contributed by atoms with Crippen LogP contribution < -0.4 is 21.7 Å². The highest BCUT2D eigenvalue weighted by atomic mass is 35.5. The van der Waals surface area contributed by atoms with Crippen LogP contribution in [0.15, 0.2) is 60.7 Å². The summed E-state index contributed by atoms with van der Waals surface area (Å²) in [5.41, 5.74) is 7.48. The fraction of sp³-hybridized carbons (Fsp3) is 0.433. The Labute approximate surface area is 252 Å². The van der Waals surface area contributed by atoms with Crippen LogP contribution in [-0.4, -0.2) is 60.9 Å². The Morgan fingerprint density at radius 2 is 1.38 bits per heavy atom. The number of esters is 2. The predicted octanol–water partition coefficient (Wildman–Crippen LogP) is 1.81. The van der Waals surface area contributed by atoms with E-state index in [-0.39, 0.29) is 37.8 Å². The van der Waals surface area contributed by atoms with Gasteiger partial charge in [-0.1, -0.05) is 80.9 Å². The van der Waals surface area contributed by atoms with E-state index in [1.165, 1.54) is 14.0 Å². The fourth-order valence-corrected chi connectivity index (χ4v) is 3.88. The van der Waals surface area contributed by atoms with E-state index in [2.05, 4.69) is 16.0 Å². The molecule has 0 heterocycles. The second-order valence-corrected chi connectivity index (χ2v) is 9.83. The maximum absolute atomic E-state index is 13.2. The standard InChI is InChI=1S/C30H40N4O7.ClH/c1-5-19(2)26(29(38)33-24(30(39)40-4)16-21-12-8-6-9-13-21)34-27(36)20(3)32-28(37)23(31)17-25(35)41-18-22-14-10-7-11-15-22;/h6-15,19-20,23-24,26H,5,16-18,31H2,1-4H3,(H,32,37)(H,33,38)(H,34,36);1H. The van der Waals surface area contributed by atoms with Crippen molar-refractivity contribution in [3.63, 3.8) is 0 Å². The number of ether oxygens (including phenoxy) is 2. The second-order valence-electron chi connectivity index (χ2n) is 9.83. The van der Waals surface area contributed by atoms with Gasteiger partial charge in [0, 0.05) is 6.42 Å². The zero-order valence-corrected chi connectivity index (χ0v) is 25.1. The minimum Gasteiger partial charge on any atom is -0.467 e. The first-order chi connectivity index (χ1) is 19.5. The molecule has 3 amide bonds. The molecule has 0 aromatic heterocycles. The first kappa shape index (κ1) is 36.1. The third kappa shape index (κ3) is 11.9. The molecule has 5 unspecified atom stereocenters. The van der Waals surface area contributed by atoms with Gasteiger partial charge in [-0.05, 0) is 24.0 Å². The molecular formula is C30H41ClN4O7. The molecule has 0 fully saturated rings. The fourth-order valence-electron chi connectivity index (χ4n) is 3.88. The van der Waals surface area contributed by atoms with E-state index < -0.39 is 53.8 Å². The van der Waals surface area contributed by atoms with Gasteiger partial charge in [0.05, 0.1) is 19.6 Å². The van der Waals surface area contributed by atoms with Gasteiger partial charge in [-0.2, -0.15) is 0 Å². The van der Waals surface area contributed by atoms with Gasteiger partial charge < -0.3 is 31.2 Å². The van der Waals surface area contributed by atoms with Gasteiger partial charge in [-0.25, -0.2) is 4.79 Å². The summed E-state index contributed by atoms with van der Waals surface area (Å²) in [6.07, 6.45) is 0.385. The molecule has 0 spiro atoms. The summed E-state index contributed by atoms with van der Waals surface area (Å²) in [5.74, 6) is -3.47. The average molecular weight is 605 g/mol. The lowest BCUT2D eigenvalue weighted by Gasteiger charge is -2.27. The average Bonchev–Trinajstić information content (AvgIpc) is 2.98. The van der Waals surface area contributed by atoms with Gasteiger partial charge in [0.25, 0.3) is 0 Å². The van der Waals surface area contributed by atoms with Gasteiger partial charge in [0.1, 0.15) is 24.7 Å². The lowest BCUT2D eigenvalue weighted by molar-refractivity contribution is -0.146. The number of amides is 3. The van der Waals surface area contributed by atoms with Crippen LogP contribution in [0.4, 0.5) is 0 Å². The largest absolute Gasteiger partial charge is 0.467 e. The van der Waals surface area contributed by atoms with Crippen LogP contribution in [0.5, 0.6) is 0 Å². The molecule has 0 aliphatic heterocycles. The van der Waals surface area contributed by atoms with Crippen LogP contribution in [-0.2, 0) is 46.5 Å². The minimum absolute atomic E-state index is 0. The summed E-state index contributed by atoms with van der Waals surface area (Å²) in [6.45, 7) is 5.13. The quantitative estimate of drug-likeness (QED) is 0.223. The van der Waals surface area contributed by atoms with Crippen molar-refractivity contribution in [2.45, 2.75) is 70.8 Å². The van der Waals surface area contributed by atoms with E-state index in [9.17, 15) is 24.0 Å². The molecule has 11 nitrogen and oxygen atoms in total. The summed E-state index contributed by atoms with van der Waals surface area (Å²) in [4.78, 5) is 63.3. The lowest BCUT2D eigenvalue weighted by atomic mass is 9.97. The van der Waals surface area contributed by atoms with E-state index in [4.69, 9.17) is 15.2 Å². The topological polar surface area (TPSA) is 166 Å². The van der Waals surface area contributed by atoms with E-state index in [0.29, 0.717) is 6.42 Å². The molecule has 0 radical (unpaired) electrons. The van der Waals surface area contributed by atoms with Gasteiger partial charge >= 0.3 is 11.9 Å². The molecule has 42 heavy (non-hydrogen) atoms. The van der Waals surface area contributed by atoms with Crippen molar-refractivity contribution >= 4 is 42.1 Å². The Bertz CT molecular complexity index is 1170. The van der Waals surface area contributed by atoms with E-state index in [1.54, 1.807) is 19.1 Å². The zero-order chi connectivity index (χ0) is 30.4. The molecule has 2 aromatic rings. The normalized spacial score (nSPS) is 14.0. The molecule has 230 valence electrons. The highest BCUT2D eigenvalue weighted by Crippen LogP contribution is 2.11. The third-order valence-corrected chi connectivity index (χ3v) is 6.60. The van der Waals surface area contributed by atoms with Crippen LogP contribution in [0, 0.1) is 5.92 Å². The first-order valence-electron chi connectivity index (χ1n) is 13.5. The molecule has 0 saturated carbocycles. The van der Waals surface area contributed by atoms with Crippen LogP contribution >= 0.6 is 12.4 Å². The van der Waals surface area contributed by atoms with Gasteiger partial charge in [-0.3, -0.25) is 19.2 Å². The second kappa shape index (κ2) is 18.5. The molecule has 0 saturated heterocycles. The van der Waals surface area contributed by atoms with Crippen LogP contribution in [0.1, 0.15) is 44.7 Å². The number of carbonyl (C=O) groups is 5. The number of rotatable bonds is 15. The monoisotopic (exact) mass is 604 g/mol. The molecule has 12 heteroatoms. The molecular weight excluding hydrogens is 564 g/mol. The first-order valence-corrected chi connectivity index (χ1v) is 13.5. The van der Waals surface area contributed by atoms with Crippen molar-refractivity contribution in [1.29, 1.82) is 0 Å². The maximum Gasteiger partial charge on any atom is 0.328 e. The van der Waals surface area contributed by atoms with Crippen molar-refractivity contribution in [3.05, 3.63) is 71.8 Å². The van der Waals surface area contributed by atoms with Gasteiger partial charge in [0.15, 0.2) is 0 Å². The van der Waals surface area contributed by atoms with E-state index >= 15 is 0 Å². The third-order valence-electron chi connectivity index (χ3n) is 6.60. The molecule has 0 aliphatic rings. The smallest absolute Gasteiger partial charge is 0.328 e. The summed E-state index contributed by atoms with van der Waals surface area (Å²) < 4.78 is 10.0. The molecule has 5 N–H and O–H groups in total. The Hall–Kier alpha value is -3.96. The highest BCUT2D eigenvalue weighted by Gasteiger charge is 2.32. The number of nitrogens with one attached hydrogen (secondary N) is 3. The zero-order valence-electron chi connectivity index (χ0n) is 24.3. The predicted molar refractivity (Wildman–Crippen MR) is 159 cm³/mol. The number of methoxy groups -OCH3 is 1. The van der Waals surface area contributed by atoms with Crippen LogP contribution in [0.3, 0.4) is 0 Å². The van der Waals surface area contributed by atoms with Crippen molar-refractivity contribution in [3.8, 4) is 0 Å². The molecule has 0 aliphatic carbocycles. The van der Waals surface area contributed by atoms with Crippen molar-refractivity contribution < 1.29 is 33.4 Å². The number of hydrogen-bond donors (Lipinski definition) is 4. The lowest BCUT2D eigenvalue weighted by Crippen LogP contribution is -2.58. The Morgan fingerprint density at radius 1 is 0.810 bits per heavy atom. The van der Waals surface area contributed by atoms with Crippen LogP contribution in [0.2, 0.25) is 0 Å². The summed E-state index contributed by atoms with van der Waals surface area (Å²) in [5, 5.41) is 7.83. The molecule has 5 atom stereocenters. The molecule has 2 rings (SSSR count). The highest BCUT2D eigenvalue weighted by molar-refractivity contribution is 5.94. The van der Waals surface area contributed by atoms with Crippen molar-refractivity contribution in [2.75, 3.05) is 7.11 Å². The molecule has 0 bridgehead atoms. The number of nitrogens with two attached hydrogens (primary N) is 1. The van der Waals surface area contributed by atoms with E-state index in [1.807, 2.05) is 55.5 Å². The number of halogens is 1. The van der Waals surface area contributed by atoms with Gasteiger partial charge in [-0.15, -0.1) is 12.4 Å². The minimum atomic E-state index is -1.24. The Balaban J connectivity index is 0.00000882. The maximum atomic E-state index is 13.2. The summed E-state index contributed by atoms with van der Waals surface area (Å²) in [7, 11) is 1.23. The Kier molecular flexibility index (Phi) is 15.9. The Morgan fingerprint density at radius 3 is 1.93 bits per heavy atom. The SMILES string of the molecule is CCC(C)C(NC(=O)C(C)NC(=O)C(N)CC(=O)OCc1ccccc1)C(=O)NC(Cc1ccccc1)C(=O)OC.Cl. The van der Waals surface area contributed by atoms with Gasteiger partial charge in [0.2, 0.25) is 17.7 Å². The number of carbonyl (C=O) groups excluding carboxylic acids is 5. The van der Waals surface area contributed by atoms with E-state index in [0.717, 1.165) is 11.1 Å². The van der Waals surface area contributed by atoms with Crippen molar-refractivity contribution in [2.24, 2.45) is 11.7 Å². The van der Waals surface area contributed by atoms with Crippen LogP contribution in [0.25, 0.3) is 0 Å².